The normalized spacial score (nSPS) is 10.9. The second-order valence-corrected chi connectivity index (χ2v) is 5.92. The van der Waals surface area contributed by atoms with Gasteiger partial charge >= 0.3 is 0 Å². The fourth-order valence-corrected chi connectivity index (χ4v) is 2.64. The molecule has 0 aliphatic carbocycles. The molecule has 0 unspecified atom stereocenters. The quantitative estimate of drug-likeness (QED) is 0.561. The fourth-order valence-electron chi connectivity index (χ4n) is 2.64. The number of methoxy groups -OCH3 is 1. The maximum Gasteiger partial charge on any atom is 0.258 e. The van der Waals surface area contributed by atoms with E-state index in [1.165, 1.54) is 5.56 Å². The number of ether oxygens (including phenoxy) is 1. The van der Waals surface area contributed by atoms with E-state index >= 15 is 0 Å². The molecule has 0 amide bonds. The van der Waals surface area contributed by atoms with Gasteiger partial charge in [0.25, 0.3) is 5.89 Å². The minimum atomic E-state index is 0.409. The van der Waals surface area contributed by atoms with Gasteiger partial charge in [-0.05, 0) is 50.2 Å². The second-order valence-electron chi connectivity index (χ2n) is 5.92. The molecule has 0 saturated heterocycles. The zero-order valence-electron chi connectivity index (χ0n) is 14.7. The third kappa shape index (κ3) is 2.83. The van der Waals surface area contributed by atoms with Gasteiger partial charge in [-0.3, -0.25) is 0 Å². The van der Waals surface area contributed by atoms with E-state index in [0.717, 1.165) is 22.7 Å². The van der Waals surface area contributed by atoms with Gasteiger partial charge < -0.3 is 9.26 Å². The van der Waals surface area contributed by atoms with Gasteiger partial charge in [0.05, 0.1) is 18.5 Å². The predicted octanol–water partition coefficient (Wildman–Crippen LogP) is 3.61. The number of hydrogen-bond acceptors (Lipinski definition) is 6. The lowest BCUT2D eigenvalue weighted by Crippen LogP contribution is -1.99. The Morgan fingerprint density at radius 2 is 1.69 bits per heavy atom. The van der Waals surface area contributed by atoms with Crippen LogP contribution in [0.2, 0.25) is 0 Å². The number of hydrogen-bond donors (Lipinski definition) is 0. The maximum atomic E-state index is 5.39. The molecule has 0 aliphatic heterocycles. The van der Waals surface area contributed by atoms with E-state index in [1.54, 1.807) is 11.8 Å². The molecule has 0 radical (unpaired) electrons. The van der Waals surface area contributed by atoms with Crippen LogP contribution in [-0.2, 0) is 0 Å². The summed E-state index contributed by atoms with van der Waals surface area (Å²) in [7, 11) is 1.62. The molecule has 0 bridgehead atoms. The first-order valence-corrected chi connectivity index (χ1v) is 8.13. The van der Waals surface area contributed by atoms with Gasteiger partial charge in [-0.2, -0.15) is 4.98 Å². The van der Waals surface area contributed by atoms with Crippen molar-refractivity contribution in [2.45, 2.75) is 13.8 Å². The summed E-state index contributed by atoms with van der Waals surface area (Å²) in [5.41, 5.74) is 4.37. The van der Waals surface area contributed by atoms with E-state index in [0.29, 0.717) is 17.4 Å². The van der Waals surface area contributed by atoms with Crippen LogP contribution in [0.25, 0.3) is 28.7 Å². The molecule has 7 nitrogen and oxygen atoms in total. The zero-order valence-corrected chi connectivity index (χ0v) is 14.7. The van der Waals surface area contributed by atoms with Crippen molar-refractivity contribution in [1.29, 1.82) is 0 Å². The van der Waals surface area contributed by atoms with Crippen LogP contribution in [0, 0.1) is 13.8 Å². The van der Waals surface area contributed by atoms with E-state index in [9.17, 15) is 0 Å². The molecule has 4 rings (SSSR count). The predicted molar refractivity (Wildman–Crippen MR) is 96.1 cm³/mol. The van der Waals surface area contributed by atoms with Gasteiger partial charge in [0.2, 0.25) is 5.82 Å². The number of benzene rings is 2. The van der Waals surface area contributed by atoms with Crippen LogP contribution >= 0.6 is 0 Å². The Labute approximate surface area is 150 Å². The van der Waals surface area contributed by atoms with Crippen LogP contribution in [0.1, 0.15) is 11.3 Å². The third-order valence-corrected chi connectivity index (χ3v) is 4.15. The minimum absolute atomic E-state index is 0.409. The summed E-state index contributed by atoms with van der Waals surface area (Å²) < 4.78 is 12.3. The lowest BCUT2D eigenvalue weighted by Gasteiger charge is -2.03. The Morgan fingerprint density at radius 1 is 0.962 bits per heavy atom. The molecule has 0 saturated carbocycles. The molecule has 7 heteroatoms. The number of rotatable bonds is 4. The van der Waals surface area contributed by atoms with Gasteiger partial charge in [0.1, 0.15) is 5.75 Å². The highest BCUT2D eigenvalue weighted by Crippen LogP contribution is 2.25. The second kappa shape index (κ2) is 6.44. The van der Waals surface area contributed by atoms with E-state index < -0.39 is 0 Å². The van der Waals surface area contributed by atoms with E-state index in [2.05, 4.69) is 20.5 Å². The molecule has 130 valence electrons. The Hall–Kier alpha value is -3.48. The van der Waals surface area contributed by atoms with Crippen molar-refractivity contribution < 1.29 is 9.26 Å². The Kier molecular flexibility index (Phi) is 3.96. The highest BCUT2D eigenvalue weighted by molar-refractivity contribution is 5.59. The summed E-state index contributed by atoms with van der Waals surface area (Å²) in [5, 5.41) is 12.5. The highest BCUT2D eigenvalue weighted by Gasteiger charge is 2.18. The van der Waals surface area contributed by atoms with Gasteiger partial charge in [0, 0.05) is 5.56 Å². The summed E-state index contributed by atoms with van der Waals surface area (Å²) >= 11 is 0. The van der Waals surface area contributed by atoms with Crippen LogP contribution in [0.5, 0.6) is 5.75 Å². The van der Waals surface area contributed by atoms with Crippen molar-refractivity contribution in [3.05, 3.63) is 59.8 Å². The van der Waals surface area contributed by atoms with Crippen LogP contribution < -0.4 is 4.74 Å². The van der Waals surface area contributed by atoms with Crippen molar-refractivity contribution >= 4 is 0 Å². The van der Waals surface area contributed by atoms with Gasteiger partial charge in [-0.25, -0.2) is 4.68 Å². The molecular weight excluding hydrogens is 330 g/mol. The summed E-state index contributed by atoms with van der Waals surface area (Å²) in [5.74, 6) is 1.60. The molecule has 2 aromatic carbocycles. The van der Waals surface area contributed by atoms with Gasteiger partial charge in [0.15, 0.2) is 5.69 Å². The van der Waals surface area contributed by atoms with Crippen molar-refractivity contribution in [2.75, 3.05) is 7.11 Å². The first kappa shape index (κ1) is 16.0. The smallest absolute Gasteiger partial charge is 0.258 e. The Bertz CT molecular complexity index is 1030. The molecule has 0 aliphatic rings. The summed E-state index contributed by atoms with van der Waals surface area (Å²) in [6, 6.07) is 15.5. The standard InChI is InChI=1S/C19H17N5O2/c1-12-4-8-15(9-5-12)24-13(2)17(21-23-24)18-20-19(26-22-18)14-6-10-16(25-3)11-7-14/h4-11H,1-3H3. The van der Waals surface area contributed by atoms with Crippen molar-refractivity contribution in [2.24, 2.45) is 0 Å². The largest absolute Gasteiger partial charge is 0.497 e. The van der Waals surface area contributed by atoms with Crippen LogP contribution in [-0.4, -0.2) is 32.2 Å². The number of aryl methyl sites for hydroxylation is 1. The number of aromatic nitrogens is 5. The molecule has 2 aromatic heterocycles. The average Bonchev–Trinajstić information content (AvgIpc) is 3.29. The number of nitrogens with zero attached hydrogens (tertiary/aromatic N) is 5. The van der Waals surface area contributed by atoms with Crippen molar-refractivity contribution in [1.82, 2.24) is 25.1 Å². The molecule has 0 spiro atoms. The molecule has 0 N–H and O–H groups in total. The monoisotopic (exact) mass is 347 g/mol. The first-order valence-electron chi connectivity index (χ1n) is 8.13. The zero-order chi connectivity index (χ0) is 18.1. The average molecular weight is 347 g/mol. The van der Waals surface area contributed by atoms with Gasteiger partial charge in [-0.1, -0.05) is 28.1 Å². The summed E-state index contributed by atoms with van der Waals surface area (Å²) in [6.45, 7) is 3.97. The van der Waals surface area contributed by atoms with Crippen LogP contribution in [0.4, 0.5) is 0 Å². The molecule has 0 fully saturated rings. The molecule has 0 atom stereocenters. The lowest BCUT2D eigenvalue weighted by molar-refractivity contribution is 0.414. The topological polar surface area (TPSA) is 78.9 Å². The summed E-state index contributed by atoms with van der Waals surface area (Å²) in [4.78, 5) is 4.45. The van der Waals surface area contributed by atoms with Gasteiger partial charge in [-0.15, -0.1) is 5.10 Å². The minimum Gasteiger partial charge on any atom is -0.497 e. The van der Waals surface area contributed by atoms with Crippen LogP contribution in [0.3, 0.4) is 0 Å². The molecule has 2 heterocycles. The van der Waals surface area contributed by atoms with E-state index in [4.69, 9.17) is 9.26 Å². The van der Waals surface area contributed by atoms with Crippen LogP contribution in [0.15, 0.2) is 53.1 Å². The fraction of sp³-hybridized carbons (Fsp3) is 0.158. The lowest BCUT2D eigenvalue weighted by atomic mass is 10.2. The molecule has 4 aromatic rings. The SMILES string of the molecule is COc1ccc(-c2nc(-c3nnn(-c4ccc(C)cc4)c3C)no2)cc1. The summed E-state index contributed by atoms with van der Waals surface area (Å²) in [6.07, 6.45) is 0. The highest BCUT2D eigenvalue weighted by atomic mass is 16.5. The molecule has 26 heavy (non-hydrogen) atoms. The Morgan fingerprint density at radius 3 is 2.38 bits per heavy atom. The van der Waals surface area contributed by atoms with E-state index in [1.807, 2.05) is 62.4 Å². The maximum absolute atomic E-state index is 5.39. The third-order valence-electron chi connectivity index (χ3n) is 4.15. The van der Waals surface area contributed by atoms with E-state index in [-0.39, 0.29) is 0 Å². The molecular formula is C19H17N5O2. The van der Waals surface area contributed by atoms with Crippen molar-refractivity contribution in [3.63, 3.8) is 0 Å². The first-order chi connectivity index (χ1) is 12.7. The van der Waals surface area contributed by atoms with Crippen molar-refractivity contribution in [3.8, 4) is 34.4 Å². The Balaban J connectivity index is 1.66.